The zero-order valence-electron chi connectivity index (χ0n) is 12.8. The van der Waals surface area contributed by atoms with Crippen molar-refractivity contribution in [1.29, 1.82) is 0 Å². The van der Waals surface area contributed by atoms with Gasteiger partial charge in [0.2, 0.25) is 0 Å². The second kappa shape index (κ2) is 5.35. The summed E-state index contributed by atoms with van der Waals surface area (Å²) in [6.07, 6.45) is 2.29. The number of halogens is 2. The van der Waals surface area contributed by atoms with Gasteiger partial charge in [-0.05, 0) is 70.2 Å². The molecule has 0 heterocycles. The van der Waals surface area contributed by atoms with Gasteiger partial charge in [0.15, 0.2) is 0 Å². The van der Waals surface area contributed by atoms with Gasteiger partial charge in [-0.15, -0.1) is 0 Å². The standard InChI is InChI=1S/C20H18Br2/c1-11-9-15-13(5-3-7-17(15)21)19(11)20-12(2)10-16-14(20)6-4-8-18(16)22/h3-8,11-12H,9-10H2,1-2H3/b20-19+. The second-order valence-electron chi connectivity index (χ2n) is 6.57. The van der Waals surface area contributed by atoms with E-state index in [4.69, 9.17) is 0 Å². The third kappa shape index (κ3) is 2.07. The first-order valence-corrected chi connectivity index (χ1v) is 9.46. The van der Waals surface area contributed by atoms with Gasteiger partial charge in [0.1, 0.15) is 0 Å². The maximum absolute atomic E-state index is 3.74. The molecule has 2 aromatic carbocycles. The van der Waals surface area contributed by atoms with Crippen LogP contribution in [-0.4, -0.2) is 0 Å². The Balaban J connectivity index is 2.01. The van der Waals surface area contributed by atoms with E-state index in [-0.39, 0.29) is 0 Å². The third-order valence-electron chi connectivity index (χ3n) is 5.11. The Kier molecular flexibility index (Phi) is 3.58. The van der Waals surface area contributed by atoms with E-state index in [1.165, 1.54) is 31.2 Å². The Hall–Kier alpha value is -0.860. The van der Waals surface area contributed by atoms with Crippen LogP contribution in [0.4, 0.5) is 0 Å². The average molecular weight is 418 g/mol. The molecule has 2 atom stereocenters. The van der Waals surface area contributed by atoms with Gasteiger partial charge in [-0.25, -0.2) is 0 Å². The molecule has 0 amide bonds. The van der Waals surface area contributed by atoms with Gasteiger partial charge in [-0.3, -0.25) is 0 Å². The maximum Gasteiger partial charge on any atom is 0.0213 e. The van der Waals surface area contributed by atoms with Gasteiger partial charge in [0.05, 0.1) is 0 Å². The highest BCUT2D eigenvalue weighted by molar-refractivity contribution is 9.10. The quantitative estimate of drug-likeness (QED) is 0.458. The summed E-state index contributed by atoms with van der Waals surface area (Å²) in [6, 6.07) is 13.3. The molecule has 2 unspecified atom stereocenters. The molecule has 2 heteroatoms. The van der Waals surface area contributed by atoms with E-state index in [1.54, 1.807) is 11.1 Å². The average Bonchev–Trinajstić information content (AvgIpc) is 2.98. The first-order valence-electron chi connectivity index (χ1n) is 7.87. The molecule has 0 radical (unpaired) electrons. The molecule has 0 bridgehead atoms. The topological polar surface area (TPSA) is 0 Å². The number of hydrogen-bond donors (Lipinski definition) is 0. The molecule has 0 fully saturated rings. The number of benzene rings is 2. The lowest BCUT2D eigenvalue weighted by molar-refractivity contribution is 0.752. The van der Waals surface area contributed by atoms with E-state index in [1.807, 2.05) is 0 Å². The van der Waals surface area contributed by atoms with Gasteiger partial charge < -0.3 is 0 Å². The van der Waals surface area contributed by atoms with E-state index in [0.717, 1.165) is 12.8 Å². The molecule has 0 saturated heterocycles. The minimum atomic E-state index is 0.594. The largest absolute Gasteiger partial charge is 0.0605 e. The Morgan fingerprint density at radius 1 is 0.727 bits per heavy atom. The molecule has 0 nitrogen and oxygen atoms in total. The van der Waals surface area contributed by atoms with Crippen LogP contribution in [0.25, 0.3) is 11.1 Å². The van der Waals surface area contributed by atoms with Crippen molar-refractivity contribution < 1.29 is 0 Å². The summed E-state index contributed by atoms with van der Waals surface area (Å²) in [5.41, 5.74) is 9.01. The molecule has 2 aliphatic carbocycles. The van der Waals surface area contributed by atoms with Gasteiger partial charge in [0.25, 0.3) is 0 Å². The highest BCUT2D eigenvalue weighted by atomic mass is 79.9. The molecule has 0 saturated carbocycles. The van der Waals surface area contributed by atoms with Gasteiger partial charge >= 0.3 is 0 Å². The molecule has 2 aromatic rings. The summed E-state index contributed by atoms with van der Waals surface area (Å²) in [5.74, 6) is 1.19. The van der Waals surface area contributed by atoms with Crippen molar-refractivity contribution >= 4 is 43.0 Å². The van der Waals surface area contributed by atoms with Gasteiger partial charge in [-0.1, -0.05) is 70.0 Å². The Bertz CT molecular complexity index is 734. The summed E-state index contributed by atoms with van der Waals surface area (Å²) in [7, 11) is 0. The molecular formula is C20H18Br2. The predicted octanol–water partition coefficient (Wildman–Crippen LogP) is 6.51. The van der Waals surface area contributed by atoms with Crippen LogP contribution in [0.1, 0.15) is 36.1 Å². The Morgan fingerprint density at radius 2 is 1.14 bits per heavy atom. The smallest absolute Gasteiger partial charge is 0.0213 e. The van der Waals surface area contributed by atoms with E-state index >= 15 is 0 Å². The van der Waals surface area contributed by atoms with Crippen LogP contribution in [-0.2, 0) is 12.8 Å². The summed E-state index contributed by atoms with van der Waals surface area (Å²) in [4.78, 5) is 0. The second-order valence-corrected chi connectivity index (χ2v) is 8.28. The van der Waals surface area contributed by atoms with Crippen LogP contribution >= 0.6 is 31.9 Å². The number of hydrogen-bond acceptors (Lipinski definition) is 0. The molecule has 0 aromatic heterocycles. The molecule has 22 heavy (non-hydrogen) atoms. The normalized spacial score (nSPS) is 26.2. The van der Waals surface area contributed by atoms with Crippen LogP contribution in [0, 0.1) is 11.8 Å². The molecule has 0 spiro atoms. The third-order valence-corrected chi connectivity index (χ3v) is 6.60. The van der Waals surface area contributed by atoms with Gasteiger partial charge in [0, 0.05) is 8.95 Å². The maximum atomic E-state index is 3.74. The summed E-state index contributed by atoms with van der Waals surface area (Å²) in [5, 5.41) is 0. The predicted molar refractivity (Wildman–Crippen MR) is 101 cm³/mol. The van der Waals surface area contributed by atoms with Crippen molar-refractivity contribution in [3.8, 4) is 0 Å². The zero-order valence-corrected chi connectivity index (χ0v) is 16.0. The van der Waals surface area contributed by atoms with Crippen molar-refractivity contribution in [2.24, 2.45) is 11.8 Å². The van der Waals surface area contributed by atoms with Crippen molar-refractivity contribution in [2.45, 2.75) is 26.7 Å². The van der Waals surface area contributed by atoms with Crippen LogP contribution in [0.3, 0.4) is 0 Å². The lowest BCUT2D eigenvalue weighted by Gasteiger charge is -2.16. The first-order chi connectivity index (χ1) is 10.6. The zero-order chi connectivity index (χ0) is 15.4. The monoisotopic (exact) mass is 416 g/mol. The number of allylic oxidation sites excluding steroid dienone is 2. The molecule has 0 aliphatic heterocycles. The van der Waals surface area contributed by atoms with Crippen molar-refractivity contribution in [3.63, 3.8) is 0 Å². The summed E-state index contributed by atoms with van der Waals surface area (Å²) >= 11 is 7.48. The summed E-state index contributed by atoms with van der Waals surface area (Å²) < 4.78 is 2.51. The van der Waals surface area contributed by atoms with Crippen LogP contribution in [0.5, 0.6) is 0 Å². The van der Waals surface area contributed by atoms with E-state index in [0.29, 0.717) is 11.8 Å². The SMILES string of the molecule is CC1Cc2c(Br)cccc2/C1=C1/c2cccc(Br)c2CC1C. The number of fused-ring (bicyclic) bond motifs is 2. The van der Waals surface area contributed by atoms with Crippen LogP contribution in [0.2, 0.25) is 0 Å². The molecule has 2 aliphatic rings. The van der Waals surface area contributed by atoms with Gasteiger partial charge in [-0.2, -0.15) is 0 Å². The fourth-order valence-electron chi connectivity index (χ4n) is 4.21. The molecule has 4 rings (SSSR count). The fraction of sp³-hybridized carbons (Fsp3) is 0.300. The number of rotatable bonds is 0. The van der Waals surface area contributed by atoms with E-state index < -0.39 is 0 Å². The molecule has 0 N–H and O–H groups in total. The first kappa shape index (κ1) is 14.7. The van der Waals surface area contributed by atoms with Crippen molar-refractivity contribution in [2.75, 3.05) is 0 Å². The van der Waals surface area contributed by atoms with Crippen molar-refractivity contribution in [3.05, 3.63) is 67.6 Å². The van der Waals surface area contributed by atoms with Crippen molar-refractivity contribution in [1.82, 2.24) is 0 Å². The minimum Gasteiger partial charge on any atom is -0.0605 e. The highest BCUT2D eigenvalue weighted by Gasteiger charge is 2.34. The fourth-order valence-corrected chi connectivity index (χ4v) is 5.26. The van der Waals surface area contributed by atoms with E-state index in [9.17, 15) is 0 Å². The molecule has 112 valence electrons. The lowest BCUT2D eigenvalue weighted by atomic mass is 9.88. The molecular weight excluding hydrogens is 400 g/mol. The van der Waals surface area contributed by atoms with Crippen LogP contribution in [0.15, 0.2) is 45.3 Å². The Labute approximate surface area is 148 Å². The minimum absolute atomic E-state index is 0.594. The van der Waals surface area contributed by atoms with E-state index in [2.05, 4.69) is 82.1 Å². The Morgan fingerprint density at radius 3 is 1.55 bits per heavy atom. The highest BCUT2D eigenvalue weighted by Crippen LogP contribution is 2.50. The van der Waals surface area contributed by atoms with Crippen LogP contribution < -0.4 is 0 Å². The summed E-state index contributed by atoms with van der Waals surface area (Å²) in [6.45, 7) is 4.74. The lowest BCUT2D eigenvalue weighted by Crippen LogP contribution is -2.00.